The number of anilines is 1. The zero-order chi connectivity index (χ0) is 20.8. The van der Waals surface area contributed by atoms with Crippen LogP contribution in [0.15, 0.2) is 69.8 Å². The van der Waals surface area contributed by atoms with Gasteiger partial charge in [-0.2, -0.15) is 0 Å². The first-order valence-electron chi connectivity index (χ1n) is 8.73. The molecule has 150 valence electrons. The Balaban J connectivity index is 1.58. The van der Waals surface area contributed by atoms with Gasteiger partial charge in [-0.05, 0) is 58.4 Å². The number of nitrogens with one attached hydrogen (secondary N) is 1. The summed E-state index contributed by atoms with van der Waals surface area (Å²) in [5, 5.41) is 2.69. The lowest BCUT2D eigenvalue weighted by Crippen LogP contribution is -2.31. The average Bonchev–Trinajstić information content (AvgIpc) is 3.15. The van der Waals surface area contributed by atoms with E-state index in [0.29, 0.717) is 15.9 Å². The summed E-state index contributed by atoms with van der Waals surface area (Å²) in [6.07, 6.45) is 0. The number of nitrogens with zero attached hydrogens (tertiary/aromatic N) is 1. The molecule has 0 aliphatic heterocycles. The quantitative estimate of drug-likeness (QED) is 0.559. The van der Waals surface area contributed by atoms with Crippen molar-refractivity contribution in [2.24, 2.45) is 0 Å². The molecular weight excluding hydrogens is 443 g/mol. The number of likely N-dealkylation sites (N-methyl/N-ethyl adjacent to an activating group) is 1. The fourth-order valence-electron chi connectivity index (χ4n) is 2.54. The molecule has 3 rings (SSSR count). The molecule has 0 unspecified atom stereocenters. The first-order valence-corrected chi connectivity index (χ1v) is 9.53. The minimum atomic E-state index is -0.450. The van der Waals surface area contributed by atoms with E-state index in [1.165, 1.54) is 23.1 Å². The number of carbonyl (C=O) groups excluding carboxylic acids is 2. The highest BCUT2D eigenvalue weighted by molar-refractivity contribution is 9.10. The monoisotopic (exact) mass is 460 g/mol. The SMILES string of the molecule is CN(CCOc1ccccc1F)C(=O)c1cccc(NC(=O)c2ccc(Br)o2)c1. The van der Waals surface area contributed by atoms with E-state index < -0.39 is 11.7 Å². The maximum atomic E-state index is 13.6. The van der Waals surface area contributed by atoms with Crippen molar-refractivity contribution in [3.05, 3.63) is 82.5 Å². The summed E-state index contributed by atoms with van der Waals surface area (Å²) in [5.74, 6) is -0.835. The number of amides is 2. The first kappa shape index (κ1) is 20.6. The maximum Gasteiger partial charge on any atom is 0.291 e. The Morgan fingerprint density at radius 1 is 1.14 bits per heavy atom. The van der Waals surface area contributed by atoms with E-state index >= 15 is 0 Å². The molecule has 0 aliphatic rings. The van der Waals surface area contributed by atoms with E-state index in [4.69, 9.17) is 9.15 Å². The number of benzene rings is 2. The largest absolute Gasteiger partial charge is 0.489 e. The van der Waals surface area contributed by atoms with Gasteiger partial charge in [0, 0.05) is 18.3 Å². The van der Waals surface area contributed by atoms with Gasteiger partial charge in [-0.25, -0.2) is 4.39 Å². The molecule has 2 aromatic carbocycles. The number of furan rings is 1. The lowest BCUT2D eigenvalue weighted by atomic mass is 10.1. The van der Waals surface area contributed by atoms with Crippen LogP contribution in [0.25, 0.3) is 0 Å². The van der Waals surface area contributed by atoms with E-state index in [1.807, 2.05) is 0 Å². The molecule has 1 aromatic heterocycles. The molecule has 0 saturated carbocycles. The molecule has 0 aliphatic carbocycles. The van der Waals surface area contributed by atoms with Crippen molar-refractivity contribution < 1.29 is 23.1 Å². The number of halogens is 2. The highest BCUT2D eigenvalue weighted by Gasteiger charge is 2.15. The number of hydrogen-bond acceptors (Lipinski definition) is 4. The van der Waals surface area contributed by atoms with Crippen LogP contribution in [-0.4, -0.2) is 36.9 Å². The minimum absolute atomic E-state index is 0.141. The van der Waals surface area contributed by atoms with Gasteiger partial charge in [0.05, 0.1) is 6.54 Å². The highest BCUT2D eigenvalue weighted by Crippen LogP contribution is 2.18. The molecule has 0 radical (unpaired) electrons. The zero-order valence-corrected chi connectivity index (χ0v) is 17.1. The van der Waals surface area contributed by atoms with Crippen molar-refractivity contribution in [1.82, 2.24) is 4.90 Å². The molecule has 0 saturated heterocycles. The second-order valence-electron chi connectivity index (χ2n) is 6.14. The van der Waals surface area contributed by atoms with Gasteiger partial charge in [-0.1, -0.05) is 18.2 Å². The molecule has 29 heavy (non-hydrogen) atoms. The van der Waals surface area contributed by atoms with Crippen LogP contribution in [-0.2, 0) is 0 Å². The zero-order valence-electron chi connectivity index (χ0n) is 15.5. The van der Waals surface area contributed by atoms with Crippen LogP contribution >= 0.6 is 15.9 Å². The van der Waals surface area contributed by atoms with Gasteiger partial charge in [0.25, 0.3) is 11.8 Å². The predicted octanol–water partition coefficient (Wildman–Crippen LogP) is 4.58. The standard InChI is InChI=1S/C21H18BrFN2O4/c1-25(11-12-28-17-8-3-2-7-16(17)23)21(27)14-5-4-6-15(13-14)24-20(26)18-9-10-19(22)29-18/h2-10,13H,11-12H2,1H3,(H,24,26). The van der Waals surface area contributed by atoms with Crippen molar-refractivity contribution in [2.45, 2.75) is 0 Å². The number of ether oxygens (including phenoxy) is 1. The fraction of sp³-hybridized carbons (Fsp3) is 0.143. The summed E-state index contributed by atoms with van der Waals surface area (Å²) in [4.78, 5) is 26.3. The van der Waals surface area contributed by atoms with Crippen LogP contribution in [0.2, 0.25) is 0 Å². The third-order valence-electron chi connectivity index (χ3n) is 4.03. The van der Waals surface area contributed by atoms with Gasteiger partial charge in [0.15, 0.2) is 22.0 Å². The van der Waals surface area contributed by atoms with Gasteiger partial charge >= 0.3 is 0 Å². The van der Waals surface area contributed by atoms with Gasteiger partial charge in [-0.15, -0.1) is 0 Å². The van der Waals surface area contributed by atoms with Crippen LogP contribution in [0.3, 0.4) is 0 Å². The Labute approximate surface area is 175 Å². The predicted molar refractivity (Wildman–Crippen MR) is 110 cm³/mol. The van der Waals surface area contributed by atoms with E-state index in [2.05, 4.69) is 21.2 Å². The molecule has 0 spiro atoms. The Hall–Kier alpha value is -3.13. The van der Waals surface area contributed by atoms with Gasteiger partial charge in [-0.3, -0.25) is 9.59 Å². The van der Waals surface area contributed by atoms with E-state index in [0.717, 1.165) is 0 Å². The molecular formula is C21H18BrFN2O4. The molecule has 8 heteroatoms. The van der Waals surface area contributed by atoms with Crippen LogP contribution in [0.5, 0.6) is 5.75 Å². The summed E-state index contributed by atoms with van der Waals surface area (Å²) in [7, 11) is 1.62. The smallest absolute Gasteiger partial charge is 0.291 e. The molecule has 2 amide bonds. The third kappa shape index (κ3) is 5.45. The van der Waals surface area contributed by atoms with E-state index in [-0.39, 0.29) is 30.6 Å². The summed E-state index contributed by atoms with van der Waals surface area (Å²) in [5.41, 5.74) is 0.862. The number of rotatable bonds is 7. The lowest BCUT2D eigenvalue weighted by molar-refractivity contribution is 0.0772. The number of carbonyl (C=O) groups is 2. The molecule has 0 atom stereocenters. The second-order valence-corrected chi connectivity index (χ2v) is 6.93. The first-order chi connectivity index (χ1) is 13.9. The summed E-state index contributed by atoms with van der Waals surface area (Å²) < 4.78 is 24.6. The van der Waals surface area contributed by atoms with Gasteiger partial charge in [0.1, 0.15) is 6.61 Å². The normalized spacial score (nSPS) is 10.4. The van der Waals surface area contributed by atoms with Crippen molar-refractivity contribution in [3.63, 3.8) is 0 Å². The Morgan fingerprint density at radius 2 is 1.93 bits per heavy atom. The Bertz CT molecular complexity index is 1020. The minimum Gasteiger partial charge on any atom is -0.489 e. The van der Waals surface area contributed by atoms with Crippen LogP contribution < -0.4 is 10.1 Å². The molecule has 6 nitrogen and oxygen atoms in total. The molecule has 0 bridgehead atoms. The van der Waals surface area contributed by atoms with Crippen molar-refractivity contribution >= 4 is 33.4 Å². The maximum absolute atomic E-state index is 13.6. The van der Waals surface area contributed by atoms with Crippen LogP contribution in [0.4, 0.5) is 10.1 Å². The van der Waals surface area contributed by atoms with Gasteiger partial charge < -0.3 is 19.4 Å². The van der Waals surface area contributed by atoms with Crippen molar-refractivity contribution in [2.75, 3.05) is 25.5 Å². The molecule has 1 N–H and O–H groups in total. The molecule has 1 heterocycles. The Kier molecular flexibility index (Phi) is 6.66. The van der Waals surface area contributed by atoms with Crippen molar-refractivity contribution in [1.29, 1.82) is 0 Å². The number of hydrogen-bond donors (Lipinski definition) is 1. The topological polar surface area (TPSA) is 71.8 Å². The highest BCUT2D eigenvalue weighted by atomic mass is 79.9. The third-order valence-corrected chi connectivity index (χ3v) is 4.46. The number of para-hydroxylation sites is 1. The van der Waals surface area contributed by atoms with E-state index in [9.17, 15) is 14.0 Å². The lowest BCUT2D eigenvalue weighted by Gasteiger charge is -2.18. The summed E-state index contributed by atoms with van der Waals surface area (Å²) in [6.45, 7) is 0.414. The second kappa shape index (κ2) is 9.38. The van der Waals surface area contributed by atoms with Crippen LogP contribution in [0.1, 0.15) is 20.9 Å². The average molecular weight is 461 g/mol. The fourth-order valence-corrected chi connectivity index (χ4v) is 2.84. The van der Waals surface area contributed by atoms with Crippen LogP contribution in [0, 0.1) is 5.82 Å². The van der Waals surface area contributed by atoms with E-state index in [1.54, 1.807) is 49.5 Å². The summed E-state index contributed by atoms with van der Waals surface area (Å²) in [6, 6.07) is 15.8. The summed E-state index contributed by atoms with van der Waals surface area (Å²) >= 11 is 3.14. The van der Waals surface area contributed by atoms with Crippen molar-refractivity contribution in [3.8, 4) is 5.75 Å². The molecule has 0 fully saturated rings. The van der Waals surface area contributed by atoms with Gasteiger partial charge in [0.2, 0.25) is 0 Å². The molecule has 3 aromatic rings. The Morgan fingerprint density at radius 3 is 2.66 bits per heavy atom.